The number of rotatable bonds is 0. The lowest BCUT2D eigenvalue weighted by Gasteiger charge is -2.34. The van der Waals surface area contributed by atoms with Gasteiger partial charge in [-0.3, -0.25) is 0 Å². The van der Waals surface area contributed by atoms with Crippen molar-refractivity contribution >= 4 is 5.97 Å². The molecule has 16 heavy (non-hydrogen) atoms. The maximum atomic E-state index is 10.6. The monoisotopic (exact) mass is 242 g/mol. The van der Waals surface area contributed by atoms with Gasteiger partial charge in [0.05, 0.1) is 0 Å². The Kier molecular flexibility index (Phi) is 5.21. The van der Waals surface area contributed by atoms with Crippen molar-refractivity contribution in [3.05, 3.63) is 0 Å². The molecule has 0 aromatic rings. The fraction of sp³-hybridized carbons (Fsp3) is 0.889. The molecular weight excluding hydrogens is 225 g/mol. The van der Waals surface area contributed by atoms with Crippen molar-refractivity contribution in [2.45, 2.75) is 44.4 Å². The molecule has 4 nitrogen and oxygen atoms in total. The first-order chi connectivity index (χ1) is 7.04. The number of nitrogens with two attached hydrogens (primary N) is 1. The number of hydrogen-bond acceptors (Lipinski definition) is 3. The number of hydrogen-bond donors (Lipinski definition) is 3. The molecule has 1 fully saturated rings. The van der Waals surface area contributed by atoms with E-state index in [-0.39, 0.29) is 0 Å². The summed E-state index contributed by atoms with van der Waals surface area (Å²) in [5, 5.41) is 10.5. The van der Waals surface area contributed by atoms with Gasteiger partial charge >= 0.3 is 12.1 Å². The van der Waals surface area contributed by atoms with Gasteiger partial charge in [0.2, 0.25) is 0 Å². The highest BCUT2D eigenvalue weighted by Crippen LogP contribution is 2.16. The number of halogens is 3. The van der Waals surface area contributed by atoms with E-state index in [1.807, 2.05) is 0 Å². The van der Waals surface area contributed by atoms with Crippen LogP contribution in [0, 0.1) is 0 Å². The predicted octanol–water partition coefficient (Wildman–Crippen LogP) is 1.11. The summed E-state index contributed by atoms with van der Waals surface area (Å²) in [6.07, 6.45) is -2.71. The van der Waals surface area contributed by atoms with Gasteiger partial charge in [0.25, 0.3) is 0 Å². The normalized spacial score (nSPS) is 24.2. The molecule has 0 unspecified atom stereocenters. The van der Waals surface area contributed by atoms with Crippen LogP contribution in [0.1, 0.15) is 26.7 Å². The largest absolute Gasteiger partial charge is 0.490 e. The van der Waals surface area contributed by atoms with Gasteiger partial charge in [-0.1, -0.05) is 0 Å². The Balaban J connectivity index is 0.000000293. The molecule has 7 heteroatoms. The van der Waals surface area contributed by atoms with E-state index in [0.29, 0.717) is 11.6 Å². The third-order valence-electron chi connectivity index (χ3n) is 2.23. The van der Waals surface area contributed by atoms with E-state index in [9.17, 15) is 13.2 Å². The van der Waals surface area contributed by atoms with Gasteiger partial charge in [-0.25, -0.2) is 4.79 Å². The summed E-state index contributed by atoms with van der Waals surface area (Å²) in [6.45, 7) is 5.42. The Morgan fingerprint density at radius 1 is 1.50 bits per heavy atom. The molecular formula is C9H17F3N2O2. The molecule has 0 aliphatic carbocycles. The van der Waals surface area contributed by atoms with E-state index < -0.39 is 12.1 Å². The summed E-state index contributed by atoms with van der Waals surface area (Å²) in [5.41, 5.74) is 6.02. The maximum absolute atomic E-state index is 10.6. The highest BCUT2D eigenvalue weighted by molar-refractivity contribution is 5.73. The van der Waals surface area contributed by atoms with Crippen LogP contribution >= 0.6 is 0 Å². The molecule has 0 aromatic heterocycles. The van der Waals surface area contributed by atoms with Crippen LogP contribution in [0.15, 0.2) is 0 Å². The Hall–Kier alpha value is -0.820. The molecule has 0 radical (unpaired) electrons. The van der Waals surface area contributed by atoms with Crippen LogP contribution in [0.2, 0.25) is 0 Å². The van der Waals surface area contributed by atoms with E-state index in [0.717, 1.165) is 6.54 Å². The molecule has 0 spiro atoms. The van der Waals surface area contributed by atoms with Crippen LogP contribution < -0.4 is 11.1 Å². The molecule has 4 N–H and O–H groups in total. The van der Waals surface area contributed by atoms with E-state index >= 15 is 0 Å². The number of aliphatic carboxylic acids is 1. The van der Waals surface area contributed by atoms with Crippen molar-refractivity contribution in [1.29, 1.82) is 0 Å². The first kappa shape index (κ1) is 15.2. The fourth-order valence-corrected chi connectivity index (χ4v) is 1.14. The second-order valence-corrected chi connectivity index (χ2v) is 4.37. The highest BCUT2D eigenvalue weighted by atomic mass is 19.4. The van der Waals surface area contributed by atoms with Gasteiger partial charge in [-0.15, -0.1) is 0 Å². The number of carboxylic acids is 1. The second kappa shape index (κ2) is 5.49. The van der Waals surface area contributed by atoms with E-state index in [2.05, 4.69) is 19.2 Å². The molecule has 1 heterocycles. The van der Waals surface area contributed by atoms with Crippen LogP contribution in [-0.2, 0) is 4.79 Å². The SMILES string of the molecule is CC1(C)CC[C@H](N)CN1.O=C(O)C(F)(F)F. The van der Waals surface area contributed by atoms with Gasteiger partial charge < -0.3 is 16.2 Å². The Morgan fingerprint density at radius 2 is 1.94 bits per heavy atom. The Labute approximate surface area is 92.0 Å². The van der Waals surface area contributed by atoms with E-state index in [4.69, 9.17) is 15.6 Å². The molecule has 0 bridgehead atoms. The Bertz CT molecular complexity index is 231. The molecule has 1 atom stereocenters. The van der Waals surface area contributed by atoms with E-state index in [1.165, 1.54) is 12.8 Å². The number of carboxylic acid groups (broad SMARTS) is 1. The van der Waals surface area contributed by atoms with Crippen LogP contribution in [-0.4, -0.2) is 35.4 Å². The maximum Gasteiger partial charge on any atom is 0.490 e. The lowest BCUT2D eigenvalue weighted by atomic mass is 9.91. The number of nitrogens with one attached hydrogen (secondary N) is 1. The Morgan fingerprint density at radius 3 is 2.12 bits per heavy atom. The summed E-state index contributed by atoms with van der Waals surface area (Å²) < 4.78 is 31.7. The molecule has 1 rings (SSSR count). The molecule has 0 amide bonds. The molecule has 0 saturated carbocycles. The molecule has 1 saturated heterocycles. The fourth-order valence-electron chi connectivity index (χ4n) is 1.14. The minimum absolute atomic E-state index is 0.329. The summed E-state index contributed by atoms with van der Waals surface area (Å²) in [6, 6.07) is 0.387. The van der Waals surface area contributed by atoms with Crippen molar-refractivity contribution in [2.24, 2.45) is 5.73 Å². The van der Waals surface area contributed by atoms with Crippen molar-refractivity contribution in [3.63, 3.8) is 0 Å². The summed E-state index contributed by atoms with van der Waals surface area (Å²) >= 11 is 0. The third-order valence-corrected chi connectivity index (χ3v) is 2.23. The van der Waals surface area contributed by atoms with Crippen LogP contribution in [0.25, 0.3) is 0 Å². The second-order valence-electron chi connectivity index (χ2n) is 4.37. The number of carbonyl (C=O) groups is 1. The van der Waals surface area contributed by atoms with Crippen molar-refractivity contribution in [3.8, 4) is 0 Å². The highest BCUT2D eigenvalue weighted by Gasteiger charge is 2.38. The zero-order valence-electron chi connectivity index (χ0n) is 9.27. The van der Waals surface area contributed by atoms with Crippen molar-refractivity contribution in [1.82, 2.24) is 5.32 Å². The van der Waals surface area contributed by atoms with Crippen LogP contribution in [0.4, 0.5) is 13.2 Å². The minimum atomic E-state index is -5.08. The zero-order chi connectivity index (χ0) is 13.0. The number of piperidine rings is 1. The van der Waals surface area contributed by atoms with E-state index in [1.54, 1.807) is 0 Å². The first-order valence-electron chi connectivity index (χ1n) is 4.85. The minimum Gasteiger partial charge on any atom is -0.475 e. The lowest BCUT2D eigenvalue weighted by molar-refractivity contribution is -0.192. The summed E-state index contributed by atoms with van der Waals surface area (Å²) in [7, 11) is 0. The van der Waals surface area contributed by atoms with Crippen LogP contribution in [0.3, 0.4) is 0 Å². The summed E-state index contributed by atoms with van der Waals surface area (Å²) in [5.74, 6) is -2.76. The van der Waals surface area contributed by atoms with Gasteiger partial charge in [-0.2, -0.15) is 13.2 Å². The average Bonchev–Trinajstić information content (AvgIpc) is 2.10. The van der Waals surface area contributed by atoms with Gasteiger partial charge in [0.1, 0.15) is 0 Å². The summed E-state index contributed by atoms with van der Waals surface area (Å²) in [4.78, 5) is 8.90. The van der Waals surface area contributed by atoms with Gasteiger partial charge in [0.15, 0.2) is 0 Å². The molecule has 1 aliphatic heterocycles. The lowest BCUT2D eigenvalue weighted by Crippen LogP contribution is -2.51. The van der Waals surface area contributed by atoms with Gasteiger partial charge in [0, 0.05) is 18.1 Å². The third kappa shape index (κ3) is 6.62. The standard InChI is InChI=1S/C7H16N2.C2HF3O2/c1-7(2)4-3-6(8)5-9-7;3-2(4,5)1(6)7/h6,9H,3-5,8H2,1-2H3;(H,6,7)/t6-;/m0./s1. The smallest absolute Gasteiger partial charge is 0.475 e. The quantitative estimate of drug-likeness (QED) is 0.594. The van der Waals surface area contributed by atoms with Crippen LogP contribution in [0.5, 0.6) is 0 Å². The topological polar surface area (TPSA) is 75.3 Å². The predicted molar refractivity (Wildman–Crippen MR) is 53.0 cm³/mol. The zero-order valence-corrected chi connectivity index (χ0v) is 9.27. The molecule has 96 valence electrons. The molecule has 0 aromatic carbocycles. The molecule has 1 aliphatic rings. The van der Waals surface area contributed by atoms with Gasteiger partial charge in [-0.05, 0) is 26.7 Å². The van der Waals surface area contributed by atoms with Crippen molar-refractivity contribution < 1.29 is 23.1 Å². The first-order valence-corrected chi connectivity index (χ1v) is 4.85. The number of alkyl halides is 3. The van der Waals surface area contributed by atoms with Crippen molar-refractivity contribution in [2.75, 3.05) is 6.54 Å². The average molecular weight is 242 g/mol.